The van der Waals surface area contributed by atoms with Crippen LogP contribution >= 0.6 is 7.92 Å². The Kier molecular flexibility index (Phi) is 5.32. The van der Waals surface area contributed by atoms with Gasteiger partial charge in [0.15, 0.2) is 0 Å². The van der Waals surface area contributed by atoms with Crippen molar-refractivity contribution in [2.75, 3.05) is 7.11 Å². The van der Waals surface area contributed by atoms with E-state index < -0.39 is 7.92 Å². The van der Waals surface area contributed by atoms with E-state index in [0.29, 0.717) is 0 Å². The van der Waals surface area contributed by atoms with Crippen LogP contribution in [0.15, 0.2) is 91.0 Å². The van der Waals surface area contributed by atoms with Crippen LogP contribution in [0.1, 0.15) is 11.4 Å². The van der Waals surface area contributed by atoms with Crippen LogP contribution in [0.25, 0.3) is 5.69 Å². The van der Waals surface area contributed by atoms with E-state index >= 15 is 0 Å². The van der Waals surface area contributed by atoms with Crippen molar-refractivity contribution in [2.45, 2.75) is 13.8 Å². The molecule has 0 radical (unpaired) electrons. The van der Waals surface area contributed by atoms with Crippen molar-refractivity contribution in [3.8, 4) is 11.4 Å². The van der Waals surface area contributed by atoms with Crippen molar-refractivity contribution in [1.82, 2.24) is 4.57 Å². The standard InChI is InChI=1S/C25H24NOP/c1-19-17-18-20(2)26(19)23-15-10-16-24(27-3)25(23)28(21-11-6-4-7-12-21)22-13-8-5-9-14-22/h4-18H,1-3H3. The van der Waals surface area contributed by atoms with Crippen molar-refractivity contribution in [1.29, 1.82) is 0 Å². The zero-order chi connectivity index (χ0) is 19.5. The first-order valence-corrected chi connectivity index (χ1v) is 10.8. The van der Waals surface area contributed by atoms with Gasteiger partial charge in [-0.15, -0.1) is 0 Å². The molecule has 0 spiro atoms. The molecular weight excluding hydrogens is 361 g/mol. The maximum atomic E-state index is 5.89. The van der Waals surface area contributed by atoms with Gasteiger partial charge in [0.05, 0.1) is 18.1 Å². The van der Waals surface area contributed by atoms with Crippen LogP contribution in [-0.4, -0.2) is 11.7 Å². The molecule has 0 saturated carbocycles. The molecule has 140 valence electrons. The van der Waals surface area contributed by atoms with Gasteiger partial charge in [0.25, 0.3) is 0 Å². The minimum atomic E-state index is -0.769. The minimum absolute atomic E-state index is 0.769. The Labute approximate surface area is 168 Å². The van der Waals surface area contributed by atoms with Gasteiger partial charge in [0.1, 0.15) is 5.75 Å². The van der Waals surface area contributed by atoms with Crippen LogP contribution in [0.4, 0.5) is 0 Å². The maximum absolute atomic E-state index is 5.89. The molecule has 1 aromatic heterocycles. The monoisotopic (exact) mass is 385 g/mol. The fourth-order valence-electron chi connectivity index (χ4n) is 3.69. The number of aryl methyl sites for hydroxylation is 2. The Morgan fingerprint density at radius 2 is 1.18 bits per heavy atom. The average molecular weight is 385 g/mol. The molecule has 0 unspecified atom stereocenters. The summed E-state index contributed by atoms with van der Waals surface area (Å²) >= 11 is 0. The summed E-state index contributed by atoms with van der Waals surface area (Å²) in [5.41, 5.74) is 3.64. The van der Waals surface area contributed by atoms with Gasteiger partial charge in [-0.05, 0) is 56.6 Å². The summed E-state index contributed by atoms with van der Waals surface area (Å²) in [6.07, 6.45) is 0. The van der Waals surface area contributed by atoms with Gasteiger partial charge >= 0.3 is 0 Å². The third-order valence-electron chi connectivity index (χ3n) is 4.96. The van der Waals surface area contributed by atoms with E-state index in [1.54, 1.807) is 7.11 Å². The lowest BCUT2D eigenvalue weighted by molar-refractivity contribution is 0.418. The second kappa shape index (κ2) is 8.04. The second-order valence-corrected chi connectivity index (χ2v) is 8.94. The van der Waals surface area contributed by atoms with Crippen LogP contribution in [0.5, 0.6) is 5.75 Å². The normalized spacial score (nSPS) is 11.0. The predicted molar refractivity (Wildman–Crippen MR) is 121 cm³/mol. The fraction of sp³-hybridized carbons (Fsp3) is 0.120. The summed E-state index contributed by atoms with van der Waals surface area (Å²) in [4.78, 5) is 0. The molecule has 1 heterocycles. The maximum Gasteiger partial charge on any atom is 0.129 e. The summed E-state index contributed by atoms with van der Waals surface area (Å²) in [7, 11) is 0.997. The summed E-state index contributed by atoms with van der Waals surface area (Å²) in [6, 6.07) is 32.2. The zero-order valence-corrected chi connectivity index (χ0v) is 17.4. The highest BCUT2D eigenvalue weighted by molar-refractivity contribution is 7.80. The largest absolute Gasteiger partial charge is 0.496 e. The minimum Gasteiger partial charge on any atom is -0.496 e. The van der Waals surface area contributed by atoms with E-state index in [4.69, 9.17) is 4.74 Å². The van der Waals surface area contributed by atoms with Gasteiger partial charge in [-0.2, -0.15) is 0 Å². The lowest BCUT2D eigenvalue weighted by Crippen LogP contribution is -2.25. The molecule has 0 bridgehead atoms. The summed E-state index contributed by atoms with van der Waals surface area (Å²) in [5, 5.41) is 3.88. The van der Waals surface area contributed by atoms with Crippen molar-refractivity contribution >= 4 is 23.8 Å². The molecule has 2 nitrogen and oxygen atoms in total. The van der Waals surface area contributed by atoms with Crippen LogP contribution in [0.2, 0.25) is 0 Å². The van der Waals surface area contributed by atoms with Gasteiger partial charge in [-0.3, -0.25) is 0 Å². The van der Waals surface area contributed by atoms with Crippen molar-refractivity contribution in [3.05, 3.63) is 102 Å². The third-order valence-corrected chi connectivity index (χ3v) is 7.49. The van der Waals surface area contributed by atoms with Gasteiger partial charge in [0.2, 0.25) is 0 Å². The fourth-order valence-corrected chi connectivity index (χ4v) is 6.24. The van der Waals surface area contributed by atoms with E-state index in [2.05, 4.69) is 109 Å². The molecule has 0 atom stereocenters. The van der Waals surface area contributed by atoms with Crippen LogP contribution in [-0.2, 0) is 0 Å². The quantitative estimate of drug-likeness (QED) is 0.448. The first kappa shape index (κ1) is 18.5. The Morgan fingerprint density at radius 1 is 0.643 bits per heavy atom. The smallest absolute Gasteiger partial charge is 0.129 e. The van der Waals surface area contributed by atoms with E-state index in [9.17, 15) is 0 Å². The number of ether oxygens (including phenoxy) is 1. The number of methoxy groups -OCH3 is 1. The van der Waals surface area contributed by atoms with Gasteiger partial charge in [0, 0.05) is 11.4 Å². The van der Waals surface area contributed by atoms with Gasteiger partial charge < -0.3 is 9.30 Å². The molecule has 0 fully saturated rings. The summed E-state index contributed by atoms with van der Waals surface area (Å²) in [5.74, 6) is 0.934. The first-order valence-electron chi connectivity index (χ1n) is 9.43. The molecule has 0 N–H and O–H groups in total. The third kappa shape index (κ3) is 3.37. The van der Waals surface area contributed by atoms with E-state index in [1.807, 2.05) is 0 Å². The Balaban J connectivity index is 2.04. The van der Waals surface area contributed by atoms with Crippen LogP contribution in [0.3, 0.4) is 0 Å². The first-order chi connectivity index (χ1) is 13.7. The molecule has 4 aromatic rings. The molecule has 3 aromatic carbocycles. The number of nitrogens with zero attached hydrogens (tertiary/aromatic N) is 1. The van der Waals surface area contributed by atoms with E-state index in [0.717, 1.165) is 5.75 Å². The Morgan fingerprint density at radius 3 is 1.68 bits per heavy atom. The summed E-state index contributed by atoms with van der Waals surface area (Å²) in [6.45, 7) is 4.31. The highest BCUT2D eigenvalue weighted by atomic mass is 31.1. The zero-order valence-electron chi connectivity index (χ0n) is 16.5. The number of aromatic nitrogens is 1. The molecule has 0 aliphatic heterocycles. The molecule has 0 aliphatic rings. The number of rotatable bonds is 5. The molecule has 3 heteroatoms. The lowest BCUT2D eigenvalue weighted by Gasteiger charge is -2.26. The number of hydrogen-bond acceptors (Lipinski definition) is 1. The molecule has 28 heavy (non-hydrogen) atoms. The second-order valence-electron chi connectivity index (χ2n) is 6.79. The van der Waals surface area contributed by atoms with Crippen LogP contribution < -0.4 is 20.7 Å². The molecular formula is C25H24NOP. The Bertz CT molecular complexity index is 1010. The molecule has 0 saturated heterocycles. The van der Waals surface area contributed by atoms with E-state index in [1.165, 1.54) is 33.0 Å². The molecule has 0 amide bonds. The number of benzene rings is 3. The van der Waals surface area contributed by atoms with Gasteiger partial charge in [-0.25, -0.2) is 0 Å². The van der Waals surface area contributed by atoms with Crippen molar-refractivity contribution in [3.63, 3.8) is 0 Å². The van der Waals surface area contributed by atoms with Gasteiger partial charge in [-0.1, -0.05) is 66.7 Å². The molecule has 0 aliphatic carbocycles. The molecule has 4 rings (SSSR count). The van der Waals surface area contributed by atoms with Crippen molar-refractivity contribution in [2.24, 2.45) is 0 Å². The highest BCUT2D eigenvalue weighted by Gasteiger charge is 2.25. The van der Waals surface area contributed by atoms with E-state index in [-0.39, 0.29) is 0 Å². The average Bonchev–Trinajstić information content (AvgIpc) is 3.08. The topological polar surface area (TPSA) is 14.2 Å². The highest BCUT2D eigenvalue weighted by Crippen LogP contribution is 2.39. The van der Waals surface area contributed by atoms with Crippen LogP contribution in [0, 0.1) is 13.8 Å². The Hall–Kier alpha value is -2.83. The number of hydrogen-bond donors (Lipinski definition) is 0. The SMILES string of the molecule is COc1cccc(-n2c(C)ccc2C)c1P(c1ccccc1)c1ccccc1. The van der Waals surface area contributed by atoms with Crippen molar-refractivity contribution < 1.29 is 4.74 Å². The lowest BCUT2D eigenvalue weighted by atomic mass is 10.2. The summed E-state index contributed by atoms with van der Waals surface area (Å²) < 4.78 is 8.22. The predicted octanol–water partition coefficient (Wildman–Crippen LogP) is 4.86.